The molecule has 0 spiro atoms. The van der Waals surface area contributed by atoms with Gasteiger partial charge in [0, 0.05) is 24.5 Å². The summed E-state index contributed by atoms with van der Waals surface area (Å²) in [7, 11) is -0.805. The molecule has 2 aromatic rings. The zero-order valence-electron chi connectivity index (χ0n) is 16.0. The number of hydrogen-bond acceptors (Lipinski definition) is 5. The number of hydrazine groups is 1. The summed E-state index contributed by atoms with van der Waals surface area (Å²) in [4.78, 5) is 26.5. The summed E-state index contributed by atoms with van der Waals surface area (Å²) in [5.74, 6) is -0.347. The fraction of sp³-hybridized carbons (Fsp3) is 0.368. The van der Waals surface area contributed by atoms with E-state index in [0.29, 0.717) is 10.8 Å². The van der Waals surface area contributed by atoms with Crippen LogP contribution in [0.15, 0.2) is 35.2 Å². The molecule has 0 saturated heterocycles. The number of thiophene rings is 1. The van der Waals surface area contributed by atoms with Crippen LogP contribution in [0.25, 0.3) is 0 Å². The van der Waals surface area contributed by atoms with Crippen molar-refractivity contribution >= 4 is 33.2 Å². The van der Waals surface area contributed by atoms with Crippen molar-refractivity contribution in [1.82, 2.24) is 15.2 Å². The lowest BCUT2D eigenvalue weighted by atomic mass is 9.90. The molecule has 1 aliphatic carbocycles. The maximum atomic E-state index is 12.4. The van der Waals surface area contributed by atoms with Crippen LogP contribution < -0.4 is 10.9 Å². The van der Waals surface area contributed by atoms with Crippen molar-refractivity contribution in [2.45, 2.75) is 31.1 Å². The highest BCUT2D eigenvalue weighted by molar-refractivity contribution is 7.89. The normalized spacial score (nSPS) is 16.5. The molecule has 0 fully saturated rings. The zero-order chi connectivity index (χ0) is 20.5. The highest BCUT2D eigenvalue weighted by Crippen LogP contribution is 2.32. The third kappa shape index (κ3) is 4.26. The van der Waals surface area contributed by atoms with Crippen molar-refractivity contribution in [2.75, 3.05) is 14.1 Å². The molecule has 1 aliphatic rings. The van der Waals surface area contributed by atoms with Gasteiger partial charge in [-0.3, -0.25) is 20.4 Å². The van der Waals surface area contributed by atoms with Crippen LogP contribution in [0.4, 0.5) is 0 Å². The molecule has 28 heavy (non-hydrogen) atoms. The molecule has 1 aromatic heterocycles. The number of hydrogen-bond donors (Lipinski definition) is 2. The second-order valence-corrected chi connectivity index (χ2v) is 10.4. The minimum atomic E-state index is -3.65. The molecule has 1 heterocycles. The van der Waals surface area contributed by atoms with Gasteiger partial charge in [0.05, 0.1) is 9.77 Å². The quantitative estimate of drug-likeness (QED) is 0.740. The van der Waals surface area contributed by atoms with E-state index < -0.39 is 15.9 Å². The van der Waals surface area contributed by atoms with E-state index in [-0.39, 0.29) is 16.4 Å². The fourth-order valence-electron chi connectivity index (χ4n) is 3.07. The Labute approximate surface area is 168 Å². The fourth-order valence-corrected chi connectivity index (χ4v) is 5.13. The predicted molar refractivity (Wildman–Crippen MR) is 108 cm³/mol. The van der Waals surface area contributed by atoms with Crippen LogP contribution in [0.3, 0.4) is 0 Å². The van der Waals surface area contributed by atoms with Crippen LogP contribution in [-0.2, 0) is 22.9 Å². The van der Waals surface area contributed by atoms with Gasteiger partial charge in [0.2, 0.25) is 10.0 Å². The van der Waals surface area contributed by atoms with E-state index >= 15 is 0 Å². The van der Waals surface area contributed by atoms with Gasteiger partial charge in [-0.05, 0) is 55.0 Å². The van der Waals surface area contributed by atoms with Gasteiger partial charge in [0.15, 0.2) is 0 Å². The highest BCUT2D eigenvalue weighted by atomic mass is 32.2. The number of rotatable bonds is 4. The topological polar surface area (TPSA) is 95.6 Å². The number of carbonyl (C=O) groups is 2. The van der Waals surface area contributed by atoms with Crippen molar-refractivity contribution in [3.63, 3.8) is 0 Å². The SMILES string of the molecule is CC1CCc2sc(C(=O)NNC(=O)c3cccc(S(=O)(=O)N(C)C)c3)cc2C1. The average Bonchev–Trinajstić information content (AvgIpc) is 3.09. The molecule has 9 heteroatoms. The maximum Gasteiger partial charge on any atom is 0.279 e. The van der Waals surface area contributed by atoms with Crippen molar-refractivity contribution in [3.05, 3.63) is 51.2 Å². The molecule has 0 radical (unpaired) electrons. The van der Waals surface area contributed by atoms with E-state index in [4.69, 9.17) is 0 Å². The Hall–Kier alpha value is -2.23. The second-order valence-electron chi connectivity index (χ2n) is 7.13. The summed E-state index contributed by atoms with van der Waals surface area (Å²) in [5.41, 5.74) is 6.12. The number of benzene rings is 1. The minimum Gasteiger partial charge on any atom is -0.267 e. The van der Waals surface area contributed by atoms with E-state index in [1.807, 2.05) is 6.07 Å². The first-order valence-electron chi connectivity index (χ1n) is 8.93. The van der Waals surface area contributed by atoms with E-state index in [0.717, 1.165) is 23.6 Å². The van der Waals surface area contributed by atoms with E-state index in [1.165, 1.54) is 60.1 Å². The third-order valence-corrected chi connectivity index (χ3v) is 7.76. The van der Waals surface area contributed by atoms with Gasteiger partial charge in [-0.15, -0.1) is 11.3 Å². The maximum absolute atomic E-state index is 12.4. The van der Waals surface area contributed by atoms with Crippen LogP contribution >= 0.6 is 11.3 Å². The van der Waals surface area contributed by atoms with Gasteiger partial charge in [-0.1, -0.05) is 13.0 Å². The van der Waals surface area contributed by atoms with Gasteiger partial charge in [-0.2, -0.15) is 0 Å². The number of nitrogens with one attached hydrogen (secondary N) is 2. The Morgan fingerprint density at radius 2 is 1.86 bits per heavy atom. The summed E-state index contributed by atoms with van der Waals surface area (Å²) < 4.78 is 25.5. The molecule has 3 rings (SSSR count). The summed E-state index contributed by atoms with van der Waals surface area (Å²) in [5, 5.41) is 0. The van der Waals surface area contributed by atoms with Gasteiger partial charge in [-0.25, -0.2) is 12.7 Å². The first-order valence-corrected chi connectivity index (χ1v) is 11.2. The molecule has 0 saturated carbocycles. The summed E-state index contributed by atoms with van der Waals surface area (Å²) in [6, 6.07) is 7.56. The Morgan fingerprint density at radius 3 is 2.57 bits per heavy atom. The lowest BCUT2D eigenvalue weighted by molar-refractivity contribution is 0.0848. The summed E-state index contributed by atoms with van der Waals surface area (Å²) in [6.45, 7) is 2.20. The van der Waals surface area contributed by atoms with Crippen LogP contribution in [0.2, 0.25) is 0 Å². The van der Waals surface area contributed by atoms with Gasteiger partial charge < -0.3 is 0 Å². The third-order valence-electron chi connectivity index (χ3n) is 4.72. The highest BCUT2D eigenvalue weighted by Gasteiger charge is 2.22. The lowest BCUT2D eigenvalue weighted by Gasteiger charge is -2.16. The summed E-state index contributed by atoms with van der Waals surface area (Å²) >= 11 is 1.45. The molecule has 1 unspecified atom stereocenters. The molecule has 150 valence electrons. The average molecular weight is 422 g/mol. The molecule has 1 aromatic carbocycles. The lowest BCUT2D eigenvalue weighted by Crippen LogP contribution is -2.41. The van der Waals surface area contributed by atoms with E-state index in [9.17, 15) is 18.0 Å². The Bertz CT molecular complexity index is 1010. The monoisotopic (exact) mass is 421 g/mol. The Kier molecular flexibility index (Phi) is 5.87. The van der Waals surface area contributed by atoms with Gasteiger partial charge in [0.25, 0.3) is 11.8 Å². The smallest absolute Gasteiger partial charge is 0.267 e. The standard InChI is InChI=1S/C19H23N3O4S2/c1-12-7-8-16-14(9-12)11-17(27-16)19(24)21-20-18(23)13-5-4-6-15(10-13)28(25,26)22(2)3/h4-6,10-12H,7-9H2,1-3H3,(H,20,23)(H,21,24). The Balaban J connectivity index is 1.67. The van der Waals surface area contributed by atoms with Crippen LogP contribution in [0, 0.1) is 5.92 Å². The number of aryl methyl sites for hydroxylation is 1. The van der Waals surface area contributed by atoms with Crippen molar-refractivity contribution in [1.29, 1.82) is 0 Å². The molecule has 2 N–H and O–H groups in total. The number of fused-ring (bicyclic) bond motifs is 1. The van der Waals surface area contributed by atoms with Crippen molar-refractivity contribution in [2.24, 2.45) is 5.92 Å². The van der Waals surface area contributed by atoms with Gasteiger partial charge in [0.1, 0.15) is 0 Å². The molecular weight excluding hydrogens is 398 g/mol. The van der Waals surface area contributed by atoms with Crippen molar-refractivity contribution < 1.29 is 18.0 Å². The Morgan fingerprint density at radius 1 is 1.14 bits per heavy atom. The number of sulfonamides is 1. The minimum absolute atomic E-state index is 0.0107. The molecular formula is C19H23N3O4S2. The molecule has 7 nitrogen and oxygen atoms in total. The summed E-state index contributed by atoms with van der Waals surface area (Å²) in [6.07, 6.45) is 3.07. The largest absolute Gasteiger partial charge is 0.279 e. The number of carbonyl (C=O) groups excluding carboxylic acids is 2. The van der Waals surface area contributed by atoms with Crippen LogP contribution in [0.5, 0.6) is 0 Å². The molecule has 0 bridgehead atoms. The molecule has 2 amide bonds. The first-order chi connectivity index (χ1) is 13.2. The number of nitrogens with zero attached hydrogens (tertiary/aromatic N) is 1. The predicted octanol–water partition coefficient (Wildman–Crippen LogP) is 2.20. The number of amides is 2. The van der Waals surface area contributed by atoms with E-state index in [2.05, 4.69) is 17.8 Å². The van der Waals surface area contributed by atoms with Gasteiger partial charge >= 0.3 is 0 Å². The van der Waals surface area contributed by atoms with Crippen molar-refractivity contribution in [3.8, 4) is 0 Å². The second kappa shape index (κ2) is 8.02. The zero-order valence-corrected chi connectivity index (χ0v) is 17.6. The van der Waals surface area contributed by atoms with E-state index in [1.54, 1.807) is 0 Å². The first kappa shape index (κ1) is 20.5. The van der Waals surface area contributed by atoms with Crippen LogP contribution in [0.1, 0.15) is 43.8 Å². The molecule has 1 atom stereocenters. The molecule has 0 aliphatic heterocycles. The van der Waals surface area contributed by atoms with Crippen LogP contribution in [-0.4, -0.2) is 38.6 Å².